The van der Waals surface area contributed by atoms with Crippen LogP contribution >= 0.6 is 7.75 Å². The van der Waals surface area contributed by atoms with E-state index in [4.69, 9.17) is 13.8 Å². The molecule has 0 aliphatic rings. The average Bonchev–Trinajstić information content (AvgIpc) is 2.58. The molecule has 146 valence electrons. The highest BCUT2D eigenvalue weighted by Crippen LogP contribution is 2.55. The summed E-state index contributed by atoms with van der Waals surface area (Å²) in [5, 5.41) is 10.1. The van der Waals surface area contributed by atoms with E-state index in [1.807, 2.05) is 33.3 Å². The fourth-order valence-corrected chi connectivity index (χ4v) is 3.62. The standard InChI is InChI=1S/C17H27N2O6P/c1-8-25-17(21)16(13(2)20)18(26(22,23-6)24-7)14-9-11-15(12-10-14)19(3,4)5/h9-12H,8H2,1-7H3/p+1. The number of carbonyl (C=O) groups is 1. The molecule has 0 unspecified atom stereocenters. The molecule has 0 amide bonds. The Morgan fingerprint density at radius 2 is 1.65 bits per heavy atom. The summed E-state index contributed by atoms with van der Waals surface area (Å²) in [5.41, 5.74) is 1.03. The third-order valence-corrected chi connectivity index (χ3v) is 5.44. The van der Waals surface area contributed by atoms with E-state index in [0.717, 1.165) is 10.4 Å². The second kappa shape index (κ2) is 8.68. The van der Waals surface area contributed by atoms with E-state index in [-0.39, 0.29) is 18.1 Å². The fourth-order valence-electron chi connectivity index (χ4n) is 2.26. The quantitative estimate of drug-likeness (QED) is 0.240. The first kappa shape index (κ1) is 22.2. The number of carbonyl (C=O) groups excluding carboxylic acids is 1. The largest absolute Gasteiger partial charge is 0.510 e. The number of hydrogen-bond acceptors (Lipinski definition) is 6. The maximum Gasteiger partial charge on any atom is 0.439 e. The normalized spacial score (nSPS) is 13.2. The Morgan fingerprint density at radius 3 is 2.00 bits per heavy atom. The minimum atomic E-state index is -3.95. The number of nitrogens with zero attached hydrogens (tertiary/aromatic N) is 2. The molecule has 0 saturated heterocycles. The molecule has 0 heterocycles. The van der Waals surface area contributed by atoms with Gasteiger partial charge in [0.25, 0.3) is 0 Å². The van der Waals surface area contributed by atoms with Crippen molar-refractivity contribution in [3.63, 3.8) is 0 Å². The van der Waals surface area contributed by atoms with Crippen molar-refractivity contribution >= 4 is 25.1 Å². The number of hydrogen-bond donors (Lipinski definition) is 1. The summed E-state index contributed by atoms with van der Waals surface area (Å²) in [6.07, 6.45) is 0. The van der Waals surface area contributed by atoms with Crippen LogP contribution in [0.5, 0.6) is 0 Å². The molecule has 0 radical (unpaired) electrons. The Hall–Kier alpha value is -1.86. The van der Waals surface area contributed by atoms with Crippen molar-refractivity contribution in [2.24, 2.45) is 0 Å². The van der Waals surface area contributed by atoms with Gasteiger partial charge in [-0.2, -0.15) is 0 Å². The lowest BCUT2D eigenvalue weighted by Gasteiger charge is -2.31. The van der Waals surface area contributed by atoms with Crippen LogP contribution in [0.25, 0.3) is 0 Å². The third-order valence-electron chi connectivity index (χ3n) is 3.60. The van der Waals surface area contributed by atoms with Crippen molar-refractivity contribution in [2.75, 3.05) is 46.6 Å². The number of aliphatic hydroxyl groups is 1. The molecular formula is C17H28N2O6P+. The van der Waals surface area contributed by atoms with E-state index in [2.05, 4.69) is 0 Å². The van der Waals surface area contributed by atoms with E-state index in [9.17, 15) is 14.5 Å². The molecule has 0 atom stereocenters. The predicted molar refractivity (Wildman–Crippen MR) is 102 cm³/mol. The molecule has 8 nitrogen and oxygen atoms in total. The smallest absolute Gasteiger partial charge is 0.439 e. The minimum Gasteiger partial charge on any atom is -0.510 e. The lowest BCUT2D eigenvalue weighted by molar-refractivity contribution is -0.138. The van der Waals surface area contributed by atoms with Gasteiger partial charge in [-0.25, -0.2) is 14.0 Å². The van der Waals surface area contributed by atoms with Crippen LogP contribution in [0, 0.1) is 0 Å². The van der Waals surface area contributed by atoms with Gasteiger partial charge >= 0.3 is 13.7 Å². The first-order chi connectivity index (χ1) is 12.0. The van der Waals surface area contributed by atoms with Gasteiger partial charge in [0.15, 0.2) is 5.70 Å². The van der Waals surface area contributed by atoms with Crippen LogP contribution in [-0.2, 0) is 23.1 Å². The molecule has 9 heteroatoms. The topological polar surface area (TPSA) is 85.3 Å². The molecule has 0 bridgehead atoms. The first-order valence-corrected chi connectivity index (χ1v) is 9.52. The van der Waals surface area contributed by atoms with Gasteiger partial charge in [-0.3, -0.25) is 13.5 Å². The van der Waals surface area contributed by atoms with Crippen molar-refractivity contribution in [1.82, 2.24) is 4.48 Å². The zero-order valence-corrected chi connectivity index (χ0v) is 17.2. The van der Waals surface area contributed by atoms with E-state index in [1.54, 1.807) is 19.1 Å². The van der Waals surface area contributed by atoms with Gasteiger partial charge in [-0.15, -0.1) is 0 Å². The molecule has 0 fully saturated rings. The molecule has 1 aromatic rings. The van der Waals surface area contributed by atoms with Crippen molar-refractivity contribution in [3.05, 3.63) is 35.7 Å². The molecule has 0 spiro atoms. The van der Waals surface area contributed by atoms with Crippen molar-refractivity contribution in [3.8, 4) is 0 Å². The molecule has 1 N–H and O–H groups in total. The van der Waals surface area contributed by atoms with Crippen LogP contribution in [0.3, 0.4) is 0 Å². The monoisotopic (exact) mass is 387 g/mol. The molecule has 0 aliphatic carbocycles. The first-order valence-electron chi connectivity index (χ1n) is 8.03. The van der Waals surface area contributed by atoms with E-state index in [1.165, 1.54) is 21.1 Å². The summed E-state index contributed by atoms with van der Waals surface area (Å²) in [7, 11) is 4.47. The van der Waals surface area contributed by atoms with Crippen LogP contribution in [0.4, 0.5) is 11.4 Å². The number of anilines is 1. The number of rotatable bonds is 8. The Bertz CT molecular complexity index is 697. The zero-order valence-electron chi connectivity index (χ0n) is 16.3. The van der Waals surface area contributed by atoms with Gasteiger partial charge in [-0.05, 0) is 26.0 Å². The van der Waals surface area contributed by atoms with Gasteiger partial charge in [-0.1, -0.05) is 0 Å². The molecule has 0 saturated carbocycles. The molecule has 26 heavy (non-hydrogen) atoms. The minimum absolute atomic E-state index is 0.0914. The second-order valence-electron chi connectivity index (χ2n) is 6.33. The highest BCUT2D eigenvalue weighted by atomic mass is 31.2. The summed E-state index contributed by atoms with van der Waals surface area (Å²) in [6.45, 7) is 3.03. The Balaban J connectivity index is 3.59. The Kier molecular flexibility index (Phi) is 7.41. The van der Waals surface area contributed by atoms with Crippen LogP contribution in [0.1, 0.15) is 13.8 Å². The summed E-state index contributed by atoms with van der Waals surface area (Å²) in [4.78, 5) is 12.4. The van der Waals surface area contributed by atoms with Crippen molar-refractivity contribution < 1.29 is 28.3 Å². The third kappa shape index (κ3) is 4.86. The molecule has 1 aromatic carbocycles. The van der Waals surface area contributed by atoms with E-state index in [0.29, 0.717) is 10.2 Å². The molecule has 1 rings (SSSR count). The number of ether oxygens (including phenoxy) is 1. The number of aliphatic hydroxyl groups excluding tert-OH is 1. The SMILES string of the molecule is CCOC(=O)/C(=C(\C)O)N(c1ccc([N+](C)(C)C)cc1)P(=O)(OC)OC. The molecule has 0 aromatic heterocycles. The lowest BCUT2D eigenvalue weighted by Crippen LogP contribution is -2.34. The maximum absolute atomic E-state index is 13.1. The van der Waals surface area contributed by atoms with Crippen LogP contribution in [0.2, 0.25) is 0 Å². The summed E-state index contributed by atoms with van der Waals surface area (Å²) >= 11 is 0. The molecular weight excluding hydrogens is 359 g/mol. The highest BCUT2D eigenvalue weighted by molar-refractivity contribution is 7.56. The van der Waals surface area contributed by atoms with Gasteiger partial charge in [0.05, 0.1) is 33.4 Å². The van der Waals surface area contributed by atoms with E-state index >= 15 is 0 Å². The molecule has 0 aliphatic heterocycles. The number of benzene rings is 1. The zero-order chi connectivity index (χ0) is 20.1. The van der Waals surface area contributed by atoms with Crippen LogP contribution < -0.4 is 9.15 Å². The van der Waals surface area contributed by atoms with Crippen molar-refractivity contribution in [2.45, 2.75) is 13.8 Å². The fraction of sp³-hybridized carbons (Fsp3) is 0.471. The number of allylic oxidation sites excluding steroid dienone is 1. The summed E-state index contributed by atoms with van der Waals surface area (Å²) < 4.78 is 29.9. The summed E-state index contributed by atoms with van der Waals surface area (Å²) in [6, 6.07) is 7.00. The van der Waals surface area contributed by atoms with Gasteiger partial charge in [0.1, 0.15) is 11.4 Å². The van der Waals surface area contributed by atoms with Crippen LogP contribution in [-0.4, -0.2) is 53.0 Å². The maximum atomic E-state index is 13.1. The highest BCUT2D eigenvalue weighted by Gasteiger charge is 2.39. The number of quaternary nitrogens is 1. The Labute approximate surface area is 154 Å². The van der Waals surface area contributed by atoms with Gasteiger partial charge in [0.2, 0.25) is 0 Å². The lowest BCUT2D eigenvalue weighted by atomic mass is 10.2. The predicted octanol–water partition coefficient (Wildman–Crippen LogP) is 3.44. The number of esters is 1. The van der Waals surface area contributed by atoms with Crippen molar-refractivity contribution in [1.29, 1.82) is 0 Å². The van der Waals surface area contributed by atoms with E-state index < -0.39 is 13.7 Å². The van der Waals surface area contributed by atoms with Gasteiger partial charge in [0, 0.05) is 26.4 Å². The second-order valence-corrected chi connectivity index (χ2v) is 8.40. The van der Waals surface area contributed by atoms with Crippen LogP contribution in [0.15, 0.2) is 35.7 Å². The van der Waals surface area contributed by atoms with Gasteiger partial charge < -0.3 is 9.84 Å². The average molecular weight is 387 g/mol. The Morgan fingerprint density at radius 1 is 1.15 bits per heavy atom. The summed E-state index contributed by atoms with van der Waals surface area (Å²) in [5.74, 6) is -1.20.